The molecule has 0 aliphatic rings. The lowest BCUT2D eigenvalue weighted by molar-refractivity contribution is -0.143. The predicted molar refractivity (Wildman–Crippen MR) is 88.8 cm³/mol. The van der Waals surface area contributed by atoms with Gasteiger partial charge in [0.1, 0.15) is 5.69 Å². The molecule has 10 heteroatoms. The molecule has 1 aromatic carbocycles. The van der Waals surface area contributed by atoms with Gasteiger partial charge < -0.3 is 5.11 Å². The average Bonchev–Trinajstić information content (AvgIpc) is 2.49. The number of carboxylic acids is 1. The van der Waals surface area contributed by atoms with Gasteiger partial charge in [-0.15, -0.1) is 0 Å². The fraction of sp³-hybridized carbons (Fsp3) is 0.312. The van der Waals surface area contributed by atoms with Gasteiger partial charge in [-0.05, 0) is 29.2 Å². The first kappa shape index (κ1) is 19.8. The molecule has 0 fully saturated rings. The third kappa shape index (κ3) is 3.39. The van der Waals surface area contributed by atoms with Crippen LogP contribution >= 0.6 is 11.6 Å². The van der Waals surface area contributed by atoms with E-state index in [1.54, 1.807) is 18.8 Å². The molecule has 0 aliphatic carbocycles. The van der Waals surface area contributed by atoms with E-state index in [2.05, 4.69) is 0 Å². The van der Waals surface area contributed by atoms with Gasteiger partial charge in [0.05, 0.1) is 16.1 Å². The summed E-state index contributed by atoms with van der Waals surface area (Å²) >= 11 is 6.04. The zero-order valence-corrected chi connectivity index (χ0v) is 14.6. The van der Waals surface area contributed by atoms with Crippen molar-refractivity contribution in [1.29, 1.82) is 0 Å². The Morgan fingerprint density at radius 3 is 2.31 bits per heavy atom. The number of nitrogens with one attached hydrogen (secondary N) is 1. The summed E-state index contributed by atoms with van der Waals surface area (Å²) in [6.07, 6.45) is -5.02. The molecule has 2 rings (SSSR count). The highest BCUT2D eigenvalue weighted by molar-refractivity contribution is 6.34. The molecule has 0 unspecified atom stereocenters. The number of carboxylic acid groups (broad SMARTS) is 1. The molecule has 1 aromatic heterocycles. The highest BCUT2D eigenvalue weighted by atomic mass is 35.5. The number of halogens is 4. The van der Waals surface area contributed by atoms with Crippen molar-refractivity contribution < 1.29 is 23.1 Å². The molecule has 0 spiro atoms. The summed E-state index contributed by atoms with van der Waals surface area (Å²) < 4.78 is 40.8. The summed E-state index contributed by atoms with van der Waals surface area (Å²) in [7, 11) is 0.863. The number of H-pyrrole nitrogens is 1. The van der Waals surface area contributed by atoms with Gasteiger partial charge in [-0.25, -0.2) is 9.59 Å². The van der Waals surface area contributed by atoms with Crippen molar-refractivity contribution in [2.45, 2.75) is 25.9 Å². The minimum Gasteiger partial charge on any atom is -0.478 e. The van der Waals surface area contributed by atoms with E-state index in [1.807, 2.05) is 0 Å². The number of nitrogens with zero attached hydrogens (tertiary/aromatic N) is 1. The van der Waals surface area contributed by atoms with Crippen LogP contribution in [0.5, 0.6) is 0 Å². The summed E-state index contributed by atoms with van der Waals surface area (Å²) in [4.78, 5) is 37.0. The maximum Gasteiger partial charge on any atom is 0.432 e. The van der Waals surface area contributed by atoms with Crippen molar-refractivity contribution in [3.8, 4) is 11.1 Å². The van der Waals surface area contributed by atoms with Crippen LogP contribution in [0, 0.1) is 0 Å². The van der Waals surface area contributed by atoms with Crippen molar-refractivity contribution in [3.05, 3.63) is 54.8 Å². The topological polar surface area (TPSA) is 92.2 Å². The van der Waals surface area contributed by atoms with Crippen molar-refractivity contribution in [2.24, 2.45) is 7.05 Å². The van der Waals surface area contributed by atoms with Gasteiger partial charge >= 0.3 is 17.8 Å². The first-order valence-electron chi connectivity index (χ1n) is 7.33. The van der Waals surface area contributed by atoms with Crippen molar-refractivity contribution in [1.82, 2.24) is 9.55 Å². The molecule has 0 bridgehead atoms. The summed E-state index contributed by atoms with van der Waals surface area (Å²) in [5, 5.41) is 9.17. The van der Waals surface area contributed by atoms with Crippen LogP contribution in [0.3, 0.4) is 0 Å². The summed E-state index contributed by atoms with van der Waals surface area (Å²) in [5.74, 6) is -1.77. The van der Waals surface area contributed by atoms with E-state index < -0.39 is 40.2 Å². The molecule has 140 valence electrons. The number of aromatic nitrogens is 2. The lowest BCUT2D eigenvalue weighted by atomic mass is 9.94. The van der Waals surface area contributed by atoms with Crippen LogP contribution in [-0.4, -0.2) is 20.6 Å². The number of hydrogen-bond donors (Lipinski definition) is 2. The standard InChI is InChI=1S/C16H14ClF3N2O4/c1-6(2)8-4-7(5-9(11(8)17)14(24)25)10-12(16(18,19)20)22(3)15(26)21-13(10)23/h4-6H,1-3H3,(H,24,25)(H,21,23,26). The van der Waals surface area contributed by atoms with Crippen molar-refractivity contribution >= 4 is 17.6 Å². The Labute approximate surface area is 149 Å². The van der Waals surface area contributed by atoms with Gasteiger partial charge in [0, 0.05) is 7.05 Å². The first-order chi connectivity index (χ1) is 11.9. The molecule has 26 heavy (non-hydrogen) atoms. The molecule has 0 atom stereocenters. The normalized spacial score (nSPS) is 11.8. The molecule has 0 amide bonds. The van der Waals surface area contributed by atoms with E-state index in [9.17, 15) is 32.7 Å². The monoisotopic (exact) mass is 390 g/mol. The lowest BCUT2D eigenvalue weighted by Gasteiger charge is -2.18. The first-order valence-corrected chi connectivity index (χ1v) is 7.71. The Bertz CT molecular complexity index is 1010. The van der Waals surface area contributed by atoms with E-state index in [-0.39, 0.29) is 26.6 Å². The van der Waals surface area contributed by atoms with E-state index >= 15 is 0 Å². The van der Waals surface area contributed by atoms with Gasteiger partial charge in [0.25, 0.3) is 5.56 Å². The second-order valence-electron chi connectivity index (χ2n) is 5.93. The van der Waals surface area contributed by atoms with Gasteiger partial charge in [-0.3, -0.25) is 14.3 Å². The van der Waals surface area contributed by atoms with Crippen molar-refractivity contribution in [3.63, 3.8) is 0 Å². The van der Waals surface area contributed by atoms with E-state index in [1.165, 1.54) is 6.07 Å². The number of aromatic carboxylic acids is 1. The Morgan fingerprint density at radius 1 is 1.27 bits per heavy atom. The fourth-order valence-electron chi connectivity index (χ4n) is 2.59. The van der Waals surface area contributed by atoms with Crippen LogP contribution in [0.1, 0.15) is 41.4 Å². The molecule has 6 nitrogen and oxygen atoms in total. The van der Waals surface area contributed by atoms with Gasteiger partial charge in [-0.2, -0.15) is 13.2 Å². The molecule has 2 aromatic rings. The molecule has 0 saturated carbocycles. The number of rotatable bonds is 3. The quantitative estimate of drug-likeness (QED) is 0.841. The van der Waals surface area contributed by atoms with Crippen LogP contribution in [0.15, 0.2) is 21.7 Å². The fourth-order valence-corrected chi connectivity index (χ4v) is 3.00. The number of alkyl halides is 3. The largest absolute Gasteiger partial charge is 0.478 e. The lowest BCUT2D eigenvalue weighted by Crippen LogP contribution is -2.35. The molecule has 0 saturated heterocycles. The predicted octanol–water partition coefficient (Wildman–Crippen LogP) is 3.23. The summed E-state index contributed by atoms with van der Waals surface area (Å²) in [6.45, 7) is 3.35. The smallest absolute Gasteiger partial charge is 0.432 e. The Kier molecular flexibility index (Phi) is 5.05. The highest BCUT2D eigenvalue weighted by Crippen LogP contribution is 2.37. The third-order valence-electron chi connectivity index (χ3n) is 3.83. The van der Waals surface area contributed by atoms with E-state index in [4.69, 9.17) is 11.6 Å². The second kappa shape index (κ2) is 6.64. The van der Waals surface area contributed by atoms with Crippen molar-refractivity contribution in [2.75, 3.05) is 0 Å². The van der Waals surface area contributed by atoms with Crippen LogP contribution in [0.2, 0.25) is 5.02 Å². The van der Waals surface area contributed by atoms with Crippen LogP contribution in [0.4, 0.5) is 13.2 Å². The number of hydrogen-bond acceptors (Lipinski definition) is 3. The van der Waals surface area contributed by atoms with Crippen LogP contribution in [0.25, 0.3) is 11.1 Å². The Morgan fingerprint density at radius 2 is 1.85 bits per heavy atom. The SMILES string of the molecule is CC(C)c1cc(-c2c(C(F)(F)F)n(C)c(=O)[nH]c2=O)cc(C(=O)O)c1Cl. The average molecular weight is 391 g/mol. The summed E-state index contributed by atoms with van der Waals surface area (Å²) in [5.41, 5.74) is -5.28. The molecular formula is C16H14ClF3N2O4. The zero-order valence-electron chi connectivity index (χ0n) is 13.9. The van der Waals surface area contributed by atoms with E-state index in [0.29, 0.717) is 0 Å². The number of aromatic amines is 1. The summed E-state index contributed by atoms with van der Waals surface area (Å²) in [6, 6.07) is 2.12. The van der Waals surface area contributed by atoms with Gasteiger partial charge in [0.15, 0.2) is 0 Å². The zero-order chi connectivity index (χ0) is 20.0. The maximum atomic E-state index is 13.5. The Balaban J connectivity index is 3.03. The molecule has 0 aliphatic heterocycles. The minimum absolute atomic E-state index is 0.119. The third-order valence-corrected chi connectivity index (χ3v) is 4.26. The number of carbonyl (C=O) groups is 1. The minimum atomic E-state index is -5.02. The molecule has 1 heterocycles. The molecule has 2 N–H and O–H groups in total. The molecule has 0 radical (unpaired) electrons. The van der Waals surface area contributed by atoms with Gasteiger partial charge in [0.2, 0.25) is 0 Å². The maximum absolute atomic E-state index is 13.5. The second-order valence-corrected chi connectivity index (χ2v) is 6.30. The van der Waals surface area contributed by atoms with Gasteiger partial charge in [-0.1, -0.05) is 25.4 Å². The molecular weight excluding hydrogens is 377 g/mol. The van der Waals surface area contributed by atoms with Crippen LogP contribution in [-0.2, 0) is 13.2 Å². The highest BCUT2D eigenvalue weighted by Gasteiger charge is 2.39. The Hall–Kier alpha value is -2.55. The van der Waals surface area contributed by atoms with E-state index in [0.717, 1.165) is 13.1 Å². The van der Waals surface area contributed by atoms with Crippen LogP contribution < -0.4 is 11.2 Å². The number of benzene rings is 1.